The number of hydrogen-bond acceptors (Lipinski definition) is 7. The molecule has 1 heterocycles. The largest absolute Gasteiger partial charge is 0.325 e. The third-order valence-electron chi connectivity index (χ3n) is 5.37. The molecule has 0 spiro atoms. The molecular weight excluding hydrogens is 458 g/mol. The number of nitrogens with zero attached hydrogens (tertiary/aromatic N) is 2. The summed E-state index contributed by atoms with van der Waals surface area (Å²) in [5.41, 5.74) is 0.267. The number of nitrogens with one attached hydrogen (secondary N) is 1. The normalized spacial score (nSPS) is 15.9. The quantitative estimate of drug-likeness (QED) is 0.492. The first-order valence-corrected chi connectivity index (χ1v) is 13.1. The van der Waals surface area contributed by atoms with Gasteiger partial charge in [-0.2, -0.15) is 4.31 Å². The maximum absolute atomic E-state index is 13.0. The Hall–Kier alpha value is -2.83. The van der Waals surface area contributed by atoms with E-state index in [-0.39, 0.29) is 53.0 Å². The number of rotatable bonds is 6. The van der Waals surface area contributed by atoms with Gasteiger partial charge in [0, 0.05) is 37.4 Å². The third kappa shape index (κ3) is 4.97. The Morgan fingerprint density at radius 3 is 2.28 bits per heavy atom. The lowest BCUT2D eigenvalue weighted by Crippen LogP contribution is -2.41. The highest BCUT2D eigenvalue weighted by Crippen LogP contribution is 2.29. The average molecular weight is 482 g/mol. The maximum Gasteiger partial charge on any atom is 0.270 e. The van der Waals surface area contributed by atoms with E-state index in [2.05, 4.69) is 5.32 Å². The van der Waals surface area contributed by atoms with E-state index in [4.69, 9.17) is 0 Å². The molecule has 0 aromatic heterocycles. The van der Waals surface area contributed by atoms with Crippen LogP contribution in [0.4, 0.5) is 11.4 Å². The zero-order valence-electron chi connectivity index (χ0n) is 17.5. The molecule has 0 aliphatic carbocycles. The Kier molecular flexibility index (Phi) is 6.67. The van der Waals surface area contributed by atoms with E-state index in [1.165, 1.54) is 28.6 Å². The summed E-state index contributed by atoms with van der Waals surface area (Å²) in [5, 5.41) is 13.7. The molecule has 0 saturated carbocycles. The molecule has 0 radical (unpaired) electrons. The first-order valence-electron chi connectivity index (χ1n) is 9.76. The molecule has 1 fully saturated rings. The van der Waals surface area contributed by atoms with Crippen LogP contribution in [0.15, 0.2) is 52.3 Å². The molecule has 1 amide bonds. The SMILES string of the molecule is Cc1ccc([N+](=O)[O-])cc1S(=O)(=O)N1CCC(C(=O)Nc2ccccc2S(C)(=O)=O)CC1. The molecule has 0 bridgehead atoms. The van der Waals surface area contributed by atoms with Crippen molar-refractivity contribution < 1.29 is 26.6 Å². The van der Waals surface area contributed by atoms with Gasteiger partial charge in [-0.05, 0) is 37.5 Å². The van der Waals surface area contributed by atoms with Crippen molar-refractivity contribution >= 4 is 37.1 Å². The summed E-state index contributed by atoms with van der Waals surface area (Å²) in [6.45, 7) is 1.70. The number of non-ortho nitro benzene ring substituents is 1. The molecule has 172 valence electrons. The number of carbonyl (C=O) groups excluding carboxylic acids is 1. The van der Waals surface area contributed by atoms with E-state index in [0.717, 1.165) is 12.3 Å². The Morgan fingerprint density at radius 1 is 1.06 bits per heavy atom. The molecule has 3 rings (SSSR count). The minimum absolute atomic E-state index is 0.00881. The number of piperidine rings is 1. The zero-order chi connectivity index (χ0) is 23.7. The lowest BCUT2D eigenvalue weighted by atomic mass is 9.97. The average Bonchev–Trinajstić information content (AvgIpc) is 2.73. The Labute approximate surface area is 186 Å². The van der Waals surface area contributed by atoms with E-state index in [1.807, 2.05) is 0 Å². The van der Waals surface area contributed by atoms with Crippen LogP contribution in [0.25, 0.3) is 0 Å². The predicted octanol–water partition coefficient (Wildman–Crippen LogP) is 2.35. The van der Waals surface area contributed by atoms with Crippen molar-refractivity contribution in [1.29, 1.82) is 0 Å². The first-order chi connectivity index (χ1) is 14.9. The number of sulfone groups is 1. The number of hydrogen-bond donors (Lipinski definition) is 1. The van der Waals surface area contributed by atoms with Crippen LogP contribution in [-0.4, -0.2) is 51.3 Å². The number of para-hydroxylation sites is 1. The van der Waals surface area contributed by atoms with Crippen molar-refractivity contribution in [1.82, 2.24) is 4.31 Å². The van der Waals surface area contributed by atoms with Gasteiger partial charge in [0.1, 0.15) is 0 Å². The van der Waals surface area contributed by atoms with Crippen LogP contribution in [0.5, 0.6) is 0 Å². The van der Waals surface area contributed by atoms with Gasteiger partial charge in [0.25, 0.3) is 5.69 Å². The number of nitro groups is 1. The van der Waals surface area contributed by atoms with Crippen molar-refractivity contribution in [2.24, 2.45) is 5.92 Å². The molecular formula is C20H23N3O7S2. The number of aryl methyl sites for hydroxylation is 1. The molecule has 1 aliphatic heterocycles. The number of sulfonamides is 1. The fourth-order valence-corrected chi connectivity index (χ4v) is 6.16. The summed E-state index contributed by atoms with van der Waals surface area (Å²) in [7, 11) is -7.50. The third-order valence-corrected chi connectivity index (χ3v) is 8.57. The van der Waals surface area contributed by atoms with Gasteiger partial charge >= 0.3 is 0 Å². The van der Waals surface area contributed by atoms with E-state index < -0.39 is 30.7 Å². The van der Waals surface area contributed by atoms with Gasteiger partial charge in [-0.1, -0.05) is 18.2 Å². The van der Waals surface area contributed by atoms with Crippen LogP contribution >= 0.6 is 0 Å². The lowest BCUT2D eigenvalue weighted by molar-refractivity contribution is -0.385. The highest BCUT2D eigenvalue weighted by Gasteiger charge is 2.34. The van der Waals surface area contributed by atoms with Crippen molar-refractivity contribution in [2.75, 3.05) is 24.7 Å². The topological polar surface area (TPSA) is 144 Å². The fraction of sp³-hybridized carbons (Fsp3) is 0.350. The van der Waals surface area contributed by atoms with Crippen molar-refractivity contribution in [3.8, 4) is 0 Å². The van der Waals surface area contributed by atoms with Gasteiger partial charge in [-0.25, -0.2) is 16.8 Å². The molecule has 1 saturated heterocycles. The van der Waals surface area contributed by atoms with Gasteiger partial charge in [-0.15, -0.1) is 0 Å². The first kappa shape index (κ1) is 23.8. The number of anilines is 1. The standard InChI is InChI=1S/C20H23N3O7S2/c1-14-7-8-16(23(25)26)13-19(14)32(29,30)22-11-9-15(10-12-22)20(24)21-17-5-3-4-6-18(17)31(2,27)28/h3-8,13,15H,9-12H2,1-2H3,(H,21,24). The van der Waals surface area contributed by atoms with E-state index in [1.54, 1.807) is 19.1 Å². The Bertz CT molecular complexity index is 1270. The lowest BCUT2D eigenvalue weighted by Gasteiger charge is -2.31. The number of benzene rings is 2. The van der Waals surface area contributed by atoms with E-state index in [0.29, 0.717) is 5.56 Å². The van der Waals surface area contributed by atoms with Crippen molar-refractivity contribution in [2.45, 2.75) is 29.6 Å². The Morgan fingerprint density at radius 2 is 1.69 bits per heavy atom. The molecule has 10 nitrogen and oxygen atoms in total. The highest BCUT2D eigenvalue weighted by atomic mass is 32.2. The van der Waals surface area contributed by atoms with E-state index in [9.17, 15) is 31.7 Å². The minimum Gasteiger partial charge on any atom is -0.325 e. The molecule has 0 atom stereocenters. The summed E-state index contributed by atoms with van der Waals surface area (Å²) in [6, 6.07) is 9.77. The Balaban J connectivity index is 1.72. The molecule has 32 heavy (non-hydrogen) atoms. The summed E-state index contributed by atoms with van der Waals surface area (Å²) >= 11 is 0. The van der Waals surface area contributed by atoms with Crippen LogP contribution in [0.3, 0.4) is 0 Å². The van der Waals surface area contributed by atoms with Crippen LogP contribution in [0, 0.1) is 23.0 Å². The monoisotopic (exact) mass is 481 g/mol. The van der Waals surface area contributed by atoms with Crippen molar-refractivity contribution in [3.63, 3.8) is 0 Å². The van der Waals surface area contributed by atoms with Gasteiger partial charge in [0.2, 0.25) is 15.9 Å². The number of nitro benzene ring substituents is 1. The summed E-state index contributed by atoms with van der Waals surface area (Å²) < 4.78 is 51.2. The minimum atomic E-state index is -3.96. The number of carbonyl (C=O) groups is 1. The van der Waals surface area contributed by atoms with Gasteiger partial charge in [0.05, 0.1) is 20.4 Å². The molecule has 1 N–H and O–H groups in total. The second-order valence-electron chi connectivity index (χ2n) is 7.64. The predicted molar refractivity (Wildman–Crippen MR) is 117 cm³/mol. The van der Waals surface area contributed by atoms with Crippen LogP contribution in [0.2, 0.25) is 0 Å². The smallest absolute Gasteiger partial charge is 0.270 e. The highest BCUT2D eigenvalue weighted by molar-refractivity contribution is 7.91. The van der Waals surface area contributed by atoms with Crippen LogP contribution < -0.4 is 5.32 Å². The molecule has 2 aromatic rings. The maximum atomic E-state index is 13.0. The molecule has 2 aromatic carbocycles. The van der Waals surface area contributed by atoms with Gasteiger partial charge in [0.15, 0.2) is 9.84 Å². The zero-order valence-corrected chi connectivity index (χ0v) is 19.1. The van der Waals surface area contributed by atoms with E-state index >= 15 is 0 Å². The van der Waals surface area contributed by atoms with Crippen LogP contribution in [0.1, 0.15) is 18.4 Å². The van der Waals surface area contributed by atoms with Gasteiger partial charge in [-0.3, -0.25) is 14.9 Å². The molecule has 1 aliphatic rings. The van der Waals surface area contributed by atoms with Crippen LogP contribution in [-0.2, 0) is 24.7 Å². The number of amides is 1. The fourth-order valence-electron chi connectivity index (χ4n) is 3.61. The summed E-state index contributed by atoms with van der Waals surface area (Å²) in [5.74, 6) is -0.884. The van der Waals surface area contributed by atoms with Crippen molar-refractivity contribution in [3.05, 3.63) is 58.1 Å². The summed E-state index contributed by atoms with van der Waals surface area (Å²) in [4.78, 5) is 23.0. The second-order valence-corrected chi connectivity index (χ2v) is 11.5. The molecule has 12 heteroatoms. The summed E-state index contributed by atoms with van der Waals surface area (Å²) in [6.07, 6.45) is 1.53. The van der Waals surface area contributed by atoms with Gasteiger partial charge < -0.3 is 5.32 Å². The molecule has 0 unspecified atom stereocenters. The second kappa shape index (κ2) is 8.96.